The van der Waals surface area contributed by atoms with Crippen LogP contribution in [0.25, 0.3) is 0 Å². The number of ether oxygens (including phenoxy) is 2. The number of anilines is 1. The fourth-order valence-electron chi connectivity index (χ4n) is 2.31. The molecule has 0 atom stereocenters. The van der Waals surface area contributed by atoms with Gasteiger partial charge in [-0.25, -0.2) is 0 Å². The maximum Gasteiger partial charge on any atom is 0.257 e. The topological polar surface area (TPSA) is 73.3 Å². The second-order valence-electron chi connectivity index (χ2n) is 5.65. The molecular formula is C20H19N3O3. The van der Waals surface area contributed by atoms with E-state index in [4.69, 9.17) is 9.47 Å². The lowest BCUT2D eigenvalue weighted by molar-refractivity contribution is 0.102. The number of nitrogens with zero attached hydrogens (tertiary/aromatic N) is 2. The summed E-state index contributed by atoms with van der Waals surface area (Å²) in [6.07, 6.45) is 4.97. The minimum Gasteiger partial charge on any atom is -0.493 e. The summed E-state index contributed by atoms with van der Waals surface area (Å²) in [6, 6.07) is 12.5. The number of nitrogens with one attached hydrogen (secondary N) is 1. The number of hydrogen-bond donors (Lipinski definition) is 1. The van der Waals surface area contributed by atoms with E-state index in [2.05, 4.69) is 15.3 Å². The normalized spacial score (nSPS) is 10.2. The third kappa shape index (κ3) is 4.36. The first-order valence-corrected chi connectivity index (χ1v) is 8.09. The van der Waals surface area contributed by atoms with Crippen LogP contribution in [0.4, 0.5) is 5.69 Å². The minimum absolute atomic E-state index is 0.234. The van der Waals surface area contributed by atoms with E-state index in [0.29, 0.717) is 29.4 Å². The number of carbonyl (C=O) groups is 1. The van der Waals surface area contributed by atoms with Gasteiger partial charge in [0, 0.05) is 36.0 Å². The van der Waals surface area contributed by atoms with Gasteiger partial charge in [0.15, 0.2) is 11.5 Å². The van der Waals surface area contributed by atoms with E-state index in [9.17, 15) is 4.79 Å². The van der Waals surface area contributed by atoms with Crippen LogP contribution < -0.4 is 14.8 Å². The van der Waals surface area contributed by atoms with Gasteiger partial charge in [0.1, 0.15) is 6.61 Å². The van der Waals surface area contributed by atoms with Crippen LogP contribution in [0, 0.1) is 6.92 Å². The van der Waals surface area contributed by atoms with Crippen LogP contribution >= 0.6 is 0 Å². The number of carbonyl (C=O) groups excluding carboxylic acids is 1. The highest BCUT2D eigenvalue weighted by Crippen LogP contribution is 2.31. The molecule has 0 saturated carbocycles. The molecule has 2 heterocycles. The van der Waals surface area contributed by atoms with Crippen molar-refractivity contribution in [1.29, 1.82) is 0 Å². The summed E-state index contributed by atoms with van der Waals surface area (Å²) < 4.78 is 11.2. The van der Waals surface area contributed by atoms with Crippen molar-refractivity contribution in [2.24, 2.45) is 0 Å². The van der Waals surface area contributed by atoms with Crippen LogP contribution in [-0.2, 0) is 6.61 Å². The van der Waals surface area contributed by atoms with Gasteiger partial charge in [-0.3, -0.25) is 14.8 Å². The Labute approximate surface area is 151 Å². The van der Waals surface area contributed by atoms with E-state index >= 15 is 0 Å². The Morgan fingerprint density at radius 2 is 1.88 bits per heavy atom. The molecule has 2 aromatic heterocycles. The molecule has 3 rings (SSSR count). The number of hydrogen-bond acceptors (Lipinski definition) is 5. The highest BCUT2D eigenvalue weighted by molar-refractivity contribution is 6.04. The van der Waals surface area contributed by atoms with E-state index in [0.717, 1.165) is 11.3 Å². The van der Waals surface area contributed by atoms with Gasteiger partial charge >= 0.3 is 0 Å². The summed E-state index contributed by atoms with van der Waals surface area (Å²) >= 11 is 0. The number of rotatable bonds is 6. The number of pyridine rings is 2. The van der Waals surface area contributed by atoms with Crippen molar-refractivity contribution < 1.29 is 14.3 Å². The van der Waals surface area contributed by atoms with Gasteiger partial charge < -0.3 is 14.8 Å². The van der Waals surface area contributed by atoms with E-state index in [1.54, 1.807) is 56.0 Å². The number of benzene rings is 1. The maximum atomic E-state index is 12.3. The molecule has 0 unspecified atom stereocenters. The van der Waals surface area contributed by atoms with Crippen LogP contribution in [0.15, 0.2) is 61.1 Å². The summed E-state index contributed by atoms with van der Waals surface area (Å²) in [6.45, 7) is 2.25. The van der Waals surface area contributed by atoms with Crippen molar-refractivity contribution in [3.8, 4) is 11.5 Å². The lowest BCUT2D eigenvalue weighted by Gasteiger charge is -2.13. The average molecular weight is 349 g/mol. The molecule has 26 heavy (non-hydrogen) atoms. The van der Waals surface area contributed by atoms with Crippen molar-refractivity contribution in [3.63, 3.8) is 0 Å². The number of aromatic nitrogens is 2. The quantitative estimate of drug-likeness (QED) is 0.736. The lowest BCUT2D eigenvalue weighted by atomic mass is 10.2. The fourth-order valence-corrected chi connectivity index (χ4v) is 2.31. The first-order chi connectivity index (χ1) is 12.7. The average Bonchev–Trinajstić information content (AvgIpc) is 2.68. The van der Waals surface area contributed by atoms with E-state index in [1.165, 1.54) is 0 Å². The zero-order valence-corrected chi connectivity index (χ0v) is 14.6. The second kappa shape index (κ2) is 8.11. The lowest BCUT2D eigenvalue weighted by Crippen LogP contribution is -2.12. The molecule has 0 radical (unpaired) electrons. The highest BCUT2D eigenvalue weighted by atomic mass is 16.5. The number of methoxy groups -OCH3 is 1. The molecule has 6 nitrogen and oxygen atoms in total. The smallest absolute Gasteiger partial charge is 0.257 e. The van der Waals surface area contributed by atoms with Crippen LogP contribution in [0.2, 0.25) is 0 Å². The Morgan fingerprint density at radius 1 is 1.08 bits per heavy atom. The second-order valence-corrected chi connectivity index (χ2v) is 5.65. The van der Waals surface area contributed by atoms with E-state index in [-0.39, 0.29) is 5.91 Å². The van der Waals surface area contributed by atoms with Gasteiger partial charge in [-0.15, -0.1) is 0 Å². The molecule has 0 bridgehead atoms. The summed E-state index contributed by atoms with van der Waals surface area (Å²) in [5, 5.41) is 2.84. The fraction of sp³-hybridized carbons (Fsp3) is 0.150. The molecule has 1 N–H and O–H groups in total. The Morgan fingerprint density at radius 3 is 2.58 bits per heavy atom. The molecule has 0 aliphatic heterocycles. The van der Waals surface area contributed by atoms with Gasteiger partial charge in [-0.05, 0) is 48.9 Å². The van der Waals surface area contributed by atoms with Crippen molar-refractivity contribution in [2.75, 3.05) is 12.4 Å². The Hall–Kier alpha value is -3.41. The minimum atomic E-state index is -0.234. The molecule has 1 amide bonds. The van der Waals surface area contributed by atoms with Gasteiger partial charge in [0.05, 0.1) is 12.7 Å². The van der Waals surface area contributed by atoms with Gasteiger partial charge in [-0.2, -0.15) is 0 Å². The molecule has 132 valence electrons. The first-order valence-electron chi connectivity index (χ1n) is 8.09. The van der Waals surface area contributed by atoms with Gasteiger partial charge in [0.2, 0.25) is 0 Å². The van der Waals surface area contributed by atoms with Crippen LogP contribution in [0.1, 0.15) is 21.6 Å². The third-order valence-corrected chi connectivity index (χ3v) is 3.74. The molecule has 3 aromatic rings. The van der Waals surface area contributed by atoms with Gasteiger partial charge in [-0.1, -0.05) is 0 Å². The third-order valence-electron chi connectivity index (χ3n) is 3.74. The van der Waals surface area contributed by atoms with E-state index < -0.39 is 0 Å². The zero-order chi connectivity index (χ0) is 18.4. The molecule has 1 aromatic carbocycles. The largest absolute Gasteiger partial charge is 0.493 e. The van der Waals surface area contributed by atoms with Crippen molar-refractivity contribution >= 4 is 11.6 Å². The number of aryl methyl sites for hydroxylation is 1. The SMILES string of the molecule is COc1ccc(NC(=O)c2ccc(C)nc2)cc1OCc1ccncc1. The maximum absolute atomic E-state index is 12.3. The summed E-state index contributed by atoms with van der Waals surface area (Å²) in [5.41, 5.74) is 2.95. The zero-order valence-electron chi connectivity index (χ0n) is 14.6. The monoisotopic (exact) mass is 349 g/mol. The summed E-state index contributed by atoms with van der Waals surface area (Å²) in [7, 11) is 1.57. The molecule has 0 aliphatic rings. The summed E-state index contributed by atoms with van der Waals surface area (Å²) in [4.78, 5) is 20.5. The van der Waals surface area contributed by atoms with E-state index in [1.807, 2.05) is 19.1 Å². The molecule has 0 spiro atoms. The molecule has 6 heteroatoms. The van der Waals surface area contributed by atoms with Crippen LogP contribution in [-0.4, -0.2) is 23.0 Å². The molecule has 0 aliphatic carbocycles. The van der Waals surface area contributed by atoms with Crippen molar-refractivity contribution in [2.45, 2.75) is 13.5 Å². The van der Waals surface area contributed by atoms with Gasteiger partial charge in [0.25, 0.3) is 5.91 Å². The van der Waals surface area contributed by atoms with Crippen molar-refractivity contribution in [3.05, 3.63) is 77.9 Å². The molecular weight excluding hydrogens is 330 g/mol. The highest BCUT2D eigenvalue weighted by Gasteiger charge is 2.10. The Bertz CT molecular complexity index is 881. The van der Waals surface area contributed by atoms with Crippen LogP contribution in [0.5, 0.6) is 11.5 Å². The standard InChI is InChI=1S/C20H19N3O3/c1-14-3-4-16(12-22-14)20(24)23-17-5-6-18(25-2)19(11-17)26-13-15-7-9-21-10-8-15/h3-12H,13H2,1-2H3,(H,23,24). The Kier molecular flexibility index (Phi) is 5.43. The molecule has 0 fully saturated rings. The predicted octanol–water partition coefficient (Wildman–Crippen LogP) is 3.62. The summed E-state index contributed by atoms with van der Waals surface area (Å²) in [5.74, 6) is 0.904. The Balaban J connectivity index is 1.74. The van der Waals surface area contributed by atoms with Crippen LogP contribution in [0.3, 0.4) is 0 Å². The number of amides is 1. The van der Waals surface area contributed by atoms with Crippen molar-refractivity contribution in [1.82, 2.24) is 9.97 Å². The molecule has 0 saturated heterocycles. The first kappa shape index (κ1) is 17.4. The predicted molar refractivity (Wildman–Crippen MR) is 98.5 cm³/mol.